The van der Waals surface area contributed by atoms with Gasteiger partial charge < -0.3 is 14.2 Å². The van der Waals surface area contributed by atoms with E-state index in [1.807, 2.05) is 0 Å². The van der Waals surface area contributed by atoms with Gasteiger partial charge in [-0.15, -0.1) is 0 Å². The summed E-state index contributed by atoms with van der Waals surface area (Å²) in [5, 5.41) is 0. The molecule has 75 heavy (non-hydrogen) atoms. The summed E-state index contributed by atoms with van der Waals surface area (Å²) in [6.07, 6.45) is 91.8. The highest BCUT2D eigenvalue weighted by Gasteiger charge is 2.19. The number of unbranched alkanes of at least 4 members (excludes halogenated alkanes) is 9. The molecule has 0 aliphatic heterocycles. The van der Waals surface area contributed by atoms with Crippen molar-refractivity contribution >= 4 is 17.9 Å². The van der Waals surface area contributed by atoms with Crippen LogP contribution in [0.5, 0.6) is 0 Å². The Hall–Kier alpha value is -5.49. The van der Waals surface area contributed by atoms with E-state index in [4.69, 9.17) is 14.2 Å². The average molecular weight is 1030 g/mol. The number of esters is 3. The normalized spacial score (nSPS) is 13.5. The lowest BCUT2D eigenvalue weighted by molar-refractivity contribution is -0.167. The maximum Gasteiger partial charge on any atom is 0.306 e. The van der Waals surface area contributed by atoms with Crippen molar-refractivity contribution < 1.29 is 28.6 Å². The second-order valence-electron chi connectivity index (χ2n) is 18.4. The molecule has 0 aliphatic carbocycles. The summed E-state index contributed by atoms with van der Waals surface area (Å²) in [6, 6.07) is 0. The molecule has 0 aromatic carbocycles. The minimum absolute atomic E-state index is 0.128. The monoisotopic (exact) mass is 1030 g/mol. The fraction of sp³-hybridized carbons (Fsp3) is 0.522. The first-order valence-electron chi connectivity index (χ1n) is 29.3. The summed E-state index contributed by atoms with van der Waals surface area (Å²) in [7, 11) is 0. The minimum atomic E-state index is -0.833. The molecule has 0 bridgehead atoms. The Balaban J connectivity index is 4.50. The Bertz CT molecular complexity index is 1800. The molecule has 0 amide bonds. The lowest BCUT2D eigenvalue weighted by Crippen LogP contribution is -2.30. The second kappa shape index (κ2) is 61.1. The summed E-state index contributed by atoms with van der Waals surface area (Å²) in [5.74, 6) is -1.05. The number of carbonyl (C=O) groups is 3. The van der Waals surface area contributed by atoms with E-state index in [2.05, 4.69) is 203 Å². The van der Waals surface area contributed by atoms with Crippen LogP contribution in [0.1, 0.15) is 213 Å². The number of hydrogen-bond acceptors (Lipinski definition) is 6. The third-order valence-corrected chi connectivity index (χ3v) is 11.4. The van der Waals surface area contributed by atoms with Gasteiger partial charge in [0, 0.05) is 19.3 Å². The molecular weight excluding hydrogens is 925 g/mol. The summed E-state index contributed by atoms with van der Waals surface area (Å²) >= 11 is 0. The van der Waals surface area contributed by atoms with Crippen molar-refractivity contribution in [1.29, 1.82) is 0 Å². The van der Waals surface area contributed by atoms with Gasteiger partial charge in [0.15, 0.2) is 6.10 Å². The Morgan fingerprint density at radius 1 is 0.267 bits per heavy atom. The quantitative estimate of drug-likeness (QED) is 0.0261. The third kappa shape index (κ3) is 59.3. The van der Waals surface area contributed by atoms with E-state index < -0.39 is 6.10 Å². The Morgan fingerprint density at radius 2 is 0.493 bits per heavy atom. The summed E-state index contributed by atoms with van der Waals surface area (Å²) in [6.45, 7) is 6.18. The number of ether oxygens (including phenoxy) is 3. The maximum atomic E-state index is 12.8. The van der Waals surface area contributed by atoms with Gasteiger partial charge in [-0.25, -0.2) is 0 Å². The van der Waals surface area contributed by atoms with Gasteiger partial charge in [0.05, 0.1) is 0 Å². The summed E-state index contributed by atoms with van der Waals surface area (Å²) in [5.41, 5.74) is 0. The number of hydrogen-bond donors (Lipinski definition) is 0. The molecule has 6 heteroatoms. The molecule has 416 valence electrons. The van der Waals surface area contributed by atoms with Crippen molar-refractivity contribution in [2.45, 2.75) is 219 Å². The van der Waals surface area contributed by atoms with Crippen molar-refractivity contribution in [2.24, 2.45) is 0 Å². The third-order valence-electron chi connectivity index (χ3n) is 11.4. The molecule has 0 rings (SSSR count). The van der Waals surface area contributed by atoms with Gasteiger partial charge in [0.2, 0.25) is 0 Å². The van der Waals surface area contributed by atoms with Gasteiger partial charge in [-0.2, -0.15) is 0 Å². The van der Waals surface area contributed by atoms with Crippen LogP contribution in [0.15, 0.2) is 182 Å². The molecule has 0 heterocycles. The largest absolute Gasteiger partial charge is 0.462 e. The predicted octanol–water partition coefficient (Wildman–Crippen LogP) is 20.1. The minimum Gasteiger partial charge on any atom is -0.462 e. The topological polar surface area (TPSA) is 78.9 Å². The van der Waals surface area contributed by atoms with Gasteiger partial charge in [0.1, 0.15) is 13.2 Å². The van der Waals surface area contributed by atoms with Gasteiger partial charge in [0.25, 0.3) is 0 Å². The zero-order valence-corrected chi connectivity index (χ0v) is 47.5. The zero-order valence-electron chi connectivity index (χ0n) is 47.5. The number of carbonyl (C=O) groups excluding carboxylic acids is 3. The van der Waals surface area contributed by atoms with E-state index in [-0.39, 0.29) is 44.0 Å². The molecule has 0 aromatic heterocycles. The standard InChI is InChI=1S/C69H104O6/c1-4-7-10-13-16-19-22-25-27-28-29-30-31-32-33-34-35-36-37-38-39-40-42-44-47-50-53-56-59-62-68(71)74-65-66(64-73-67(70)61-58-55-52-49-46-43-24-21-18-15-12-9-6-3)75-69(72)63-60-57-54-51-48-45-41-26-23-20-17-14-11-8-5-2/h7-12,16-21,25-27,29-30,32-33,35-36,38-39,41-44,46,50,53,66H,4-6,13-15,22-24,28,31,34,37,40,45,47-49,51-52,54-65H2,1-3H3/b10-7-,11-8-,12-9-,19-16-,20-17-,21-18-,27-25-,30-29-,33-32-,36-35-,39-38-,41-26-,44-42-,46-43-,53-50-. The molecule has 0 saturated heterocycles. The molecule has 0 spiro atoms. The molecule has 0 aromatic rings. The van der Waals surface area contributed by atoms with Crippen molar-refractivity contribution in [1.82, 2.24) is 0 Å². The predicted molar refractivity (Wildman–Crippen MR) is 324 cm³/mol. The van der Waals surface area contributed by atoms with Gasteiger partial charge >= 0.3 is 17.9 Å². The highest BCUT2D eigenvalue weighted by Crippen LogP contribution is 2.12. The Morgan fingerprint density at radius 3 is 0.813 bits per heavy atom. The van der Waals surface area contributed by atoms with Crippen molar-refractivity contribution in [3.63, 3.8) is 0 Å². The van der Waals surface area contributed by atoms with Crippen LogP contribution in [0.4, 0.5) is 0 Å². The van der Waals surface area contributed by atoms with E-state index in [1.165, 1.54) is 0 Å². The van der Waals surface area contributed by atoms with Crippen LogP contribution in [-0.2, 0) is 28.6 Å². The highest BCUT2D eigenvalue weighted by molar-refractivity contribution is 5.71. The molecule has 6 nitrogen and oxygen atoms in total. The van der Waals surface area contributed by atoms with Crippen molar-refractivity contribution in [2.75, 3.05) is 13.2 Å². The fourth-order valence-electron chi connectivity index (χ4n) is 7.12. The maximum absolute atomic E-state index is 12.8. The SMILES string of the molecule is CC/C=C\C/C=C\C/C=C\C/C=C\C/C=C\C/C=C\C/C=C\C/C=C\C/C=C\CCCC(=O)OCC(COC(=O)CCCCC/C=C\C/C=C\C/C=C\CC)OC(=O)CCCCCCC/C=C\C/C=C\C/C=C\CC. The fourth-order valence-corrected chi connectivity index (χ4v) is 7.12. The van der Waals surface area contributed by atoms with Crippen LogP contribution in [-0.4, -0.2) is 37.2 Å². The first-order valence-corrected chi connectivity index (χ1v) is 29.3. The molecule has 0 fully saturated rings. The lowest BCUT2D eigenvalue weighted by Gasteiger charge is -2.18. The molecule has 0 N–H and O–H groups in total. The molecular formula is C69H104O6. The van der Waals surface area contributed by atoms with E-state index in [0.29, 0.717) is 12.8 Å². The first-order chi connectivity index (χ1) is 37.0. The van der Waals surface area contributed by atoms with Crippen LogP contribution in [0.2, 0.25) is 0 Å². The van der Waals surface area contributed by atoms with E-state index in [1.54, 1.807) is 0 Å². The van der Waals surface area contributed by atoms with Crippen molar-refractivity contribution in [3.8, 4) is 0 Å². The van der Waals surface area contributed by atoms with Gasteiger partial charge in [-0.05, 0) is 148 Å². The first kappa shape index (κ1) is 69.5. The summed E-state index contributed by atoms with van der Waals surface area (Å²) in [4.78, 5) is 38.1. The smallest absolute Gasteiger partial charge is 0.306 e. The highest BCUT2D eigenvalue weighted by atomic mass is 16.6. The van der Waals surface area contributed by atoms with Crippen LogP contribution in [0.25, 0.3) is 0 Å². The van der Waals surface area contributed by atoms with Crippen LogP contribution < -0.4 is 0 Å². The van der Waals surface area contributed by atoms with Crippen LogP contribution in [0, 0.1) is 0 Å². The Labute approximate surface area is 459 Å². The zero-order chi connectivity index (χ0) is 54.3. The number of allylic oxidation sites excluding steroid dienone is 30. The molecule has 1 unspecified atom stereocenters. The summed E-state index contributed by atoms with van der Waals surface area (Å²) < 4.78 is 16.8. The Kier molecular flexibility index (Phi) is 56.6. The van der Waals surface area contributed by atoms with Crippen LogP contribution >= 0.6 is 0 Å². The lowest BCUT2D eigenvalue weighted by atomic mass is 10.1. The van der Waals surface area contributed by atoms with E-state index in [0.717, 1.165) is 167 Å². The van der Waals surface area contributed by atoms with E-state index in [9.17, 15) is 14.4 Å². The molecule has 0 radical (unpaired) electrons. The molecule has 0 saturated carbocycles. The average Bonchev–Trinajstić information content (AvgIpc) is 3.41. The molecule has 1 atom stereocenters. The number of rotatable bonds is 50. The van der Waals surface area contributed by atoms with E-state index >= 15 is 0 Å². The van der Waals surface area contributed by atoms with Gasteiger partial charge in [-0.1, -0.05) is 229 Å². The second-order valence-corrected chi connectivity index (χ2v) is 18.4. The van der Waals surface area contributed by atoms with Crippen molar-refractivity contribution in [3.05, 3.63) is 182 Å². The van der Waals surface area contributed by atoms with Gasteiger partial charge in [-0.3, -0.25) is 14.4 Å². The van der Waals surface area contributed by atoms with Crippen LogP contribution in [0.3, 0.4) is 0 Å². The molecule has 0 aliphatic rings.